The SMILES string of the molecule is CCCCOc1ccc(-c2nnn([C@H](C)C(=O)OCC)n2)cc1. The summed E-state index contributed by atoms with van der Waals surface area (Å²) in [5, 5.41) is 12.2. The molecule has 1 aromatic heterocycles. The van der Waals surface area contributed by atoms with Crippen LogP contribution in [0.1, 0.15) is 39.7 Å². The van der Waals surface area contributed by atoms with Crippen LogP contribution in [0.25, 0.3) is 11.4 Å². The maximum Gasteiger partial charge on any atom is 0.332 e. The Morgan fingerprint density at radius 3 is 2.65 bits per heavy atom. The summed E-state index contributed by atoms with van der Waals surface area (Å²) < 4.78 is 10.6. The number of carbonyl (C=O) groups excluding carboxylic acids is 1. The summed E-state index contributed by atoms with van der Waals surface area (Å²) in [6.07, 6.45) is 2.13. The second-order valence-electron chi connectivity index (χ2n) is 5.09. The number of hydrogen-bond acceptors (Lipinski definition) is 6. The molecule has 0 spiro atoms. The number of ether oxygens (including phenoxy) is 2. The third-order valence-corrected chi connectivity index (χ3v) is 3.28. The van der Waals surface area contributed by atoms with E-state index in [0.29, 0.717) is 19.0 Å². The molecule has 0 saturated carbocycles. The molecule has 124 valence electrons. The lowest BCUT2D eigenvalue weighted by molar-refractivity contribution is -0.147. The maximum absolute atomic E-state index is 11.7. The van der Waals surface area contributed by atoms with Crippen LogP contribution in [0.3, 0.4) is 0 Å². The van der Waals surface area contributed by atoms with Crippen molar-refractivity contribution < 1.29 is 14.3 Å². The van der Waals surface area contributed by atoms with Crippen molar-refractivity contribution in [2.24, 2.45) is 0 Å². The van der Waals surface area contributed by atoms with Crippen LogP contribution in [0, 0.1) is 0 Å². The number of unbranched alkanes of at least 4 members (excludes halogenated alkanes) is 1. The Kier molecular flexibility index (Phi) is 6.08. The largest absolute Gasteiger partial charge is 0.494 e. The summed E-state index contributed by atoms with van der Waals surface area (Å²) >= 11 is 0. The molecule has 2 rings (SSSR count). The van der Waals surface area contributed by atoms with E-state index in [0.717, 1.165) is 24.2 Å². The zero-order valence-corrected chi connectivity index (χ0v) is 13.7. The monoisotopic (exact) mass is 318 g/mol. The Hall–Kier alpha value is -2.44. The highest BCUT2D eigenvalue weighted by molar-refractivity contribution is 5.73. The van der Waals surface area contributed by atoms with E-state index in [9.17, 15) is 4.79 Å². The number of aromatic nitrogens is 4. The lowest BCUT2D eigenvalue weighted by atomic mass is 10.2. The van der Waals surface area contributed by atoms with Crippen LogP contribution in [0.5, 0.6) is 5.75 Å². The lowest BCUT2D eigenvalue weighted by Crippen LogP contribution is -2.21. The number of esters is 1. The first-order valence-electron chi connectivity index (χ1n) is 7.85. The van der Waals surface area contributed by atoms with E-state index in [4.69, 9.17) is 9.47 Å². The molecule has 1 atom stereocenters. The first-order chi connectivity index (χ1) is 11.2. The van der Waals surface area contributed by atoms with Crippen LogP contribution in [-0.4, -0.2) is 39.4 Å². The molecule has 0 aliphatic rings. The molecule has 0 radical (unpaired) electrons. The maximum atomic E-state index is 11.7. The minimum Gasteiger partial charge on any atom is -0.494 e. The van der Waals surface area contributed by atoms with E-state index in [1.807, 2.05) is 24.3 Å². The normalized spacial score (nSPS) is 12.0. The Labute approximate surface area is 135 Å². The molecular formula is C16H22N4O3. The number of benzene rings is 1. The van der Waals surface area contributed by atoms with Gasteiger partial charge in [-0.05, 0) is 49.7 Å². The molecule has 0 bridgehead atoms. The van der Waals surface area contributed by atoms with Crippen molar-refractivity contribution in [3.63, 3.8) is 0 Å². The van der Waals surface area contributed by atoms with Gasteiger partial charge in [0.2, 0.25) is 5.82 Å². The van der Waals surface area contributed by atoms with Gasteiger partial charge in [0.25, 0.3) is 0 Å². The van der Waals surface area contributed by atoms with Gasteiger partial charge in [-0.15, -0.1) is 15.0 Å². The van der Waals surface area contributed by atoms with Gasteiger partial charge in [0, 0.05) is 5.56 Å². The van der Waals surface area contributed by atoms with Gasteiger partial charge in [-0.3, -0.25) is 0 Å². The number of hydrogen-bond donors (Lipinski definition) is 0. The van der Waals surface area contributed by atoms with Crippen LogP contribution in [0.4, 0.5) is 0 Å². The highest BCUT2D eigenvalue weighted by atomic mass is 16.5. The fourth-order valence-corrected chi connectivity index (χ4v) is 1.90. The Balaban J connectivity index is 2.03. The summed E-state index contributed by atoms with van der Waals surface area (Å²) in [4.78, 5) is 13.0. The predicted octanol–water partition coefficient (Wildman–Crippen LogP) is 2.64. The van der Waals surface area contributed by atoms with Crippen molar-refractivity contribution in [1.29, 1.82) is 0 Å². The summed E-state index contributed by atoms with van der Waals surface area (Å²) in [5.41, 5.74) is 0.815. The van der Waals surface area contributed by atoms with Crippen molar-refractivity contribution in [3.05, 3.63) is 24.3 Å². The molecule has 1 aromatic carbocycles. The second kappa shape index (κ2) is 8.26. The average Bonchev–Trinajstić information content (AvgIpc) is 3.05. The van der Waals surface area contributed by atoms with Crippen molar-refractivity contribution in [3.8, 4) is 17.1 Å². The van der Waals surface area contributed by atoms with Crippen molar-refractivity contribution in [1.82, 2.24) is 20.2 Å². The van der Waals surface area contributed by atoms with Gasteiger partial charge in [-0.25, -0.2) is 4.79 Å². The van der Waals surface area contributed by atoms with Crippen LogP contribution in [-0.2, 0) is 9.53 Å². The van der Waals surface area contributed by atoms with Crippen LogP contribution >= 0.6 is 0 Å². The fourth-order valence-electron chi connectivity index (χ4n) is 1.90. The molecule has 0 unspecified atom stereocenters. The quantitative estimate of drug-likeness (QED) is 0.550. The lowest BCUT2D eigenvalue weighted by Gasteiger charge is -2.08. The zero-order valence-electron chi connectivity index (χ0n) is 13.7. The molecule has 7 nitrogen and oxygen atoms in total. The van der Waals surface area contributed by atoms with Crippen LogP contribution in [0.15, 0.2) is 24.3 Å². The summed E-state index contributed by atoms with van der Waals surface area (Å²) in [6, 6.07) is 6.89. The number of nitrogens with zero attached hydrogens (tertiary/aromatic N) is 4. The smallest absolute Gasteiger partial charge is 0.332 e. The van der Waals surface area contributed by atoms with Crippen molar-refractivity contribution in [2.45, 2.75) is 39.7 Å². The third kappa shape index (κ3) is 4.51. The fraction of sp³-hybridized carbons (Fsp3) is 0.500. The molecule has 0 amide bonds. The van der Waals surface area contributed by atoms with Gasteiger partial charge in [0.05, 0.1) is 13.2 Å². The molecule has 2 aromatic rings. The second-order valence-corrected chi connectivity index (χ2v) is 5.09. The Morgan fingerprint density at radius 1 is 1.26 bits per heavy atom. The van der Waals surface area contributed by atoms with Gasteiger partial charge in [0.1, 0.15) is 5.75 Å². The Bertz CT molecular complexity index is 625. The highest BCUT2D eigenvalue weighted by Crippen LogP contribution is 2.19. The highest BCUT2D eigenvalue weighted by Gasteiger charge is 2.19. The summed E-state index contributed by atoms with van der Waals surface area (Å²) in [5.74, 6) is 0.895. The molecule has 23 heavy (non-hydrogen) atoms. The van der Waals surface area contributed by atoms with E-state index >= 15 is 0 Å². The summed E-state index contributed by atoms with van der Waals surface area (Å²) in [6.45, 7) is 6.59. The molecule has 0 aliphatic carbocycles. The zero-order chi connectivity index (χ0) is 16.7. The van der Waals surface area contributed by atoms with Crippen LogP contribution < -0.4 is 4.74 Å². The third-order valence-electron chi connectivity index (χ3n) is 3.28. The number of carbonyl (C=O) groups is 1. The molecule has 0 N–H and O–H groups in total. The molecule has 1 heterocycles. The van der Waals surface area contributed by atoms with E-state index in [2.05, 4.69) is 22.3 Å². The number of tetrazole rings is 1. The van der Waals surface area contributed by atoms with Crippen LogP contribution in [0.2, 0.25) is 0 Å². The average molecular weight is 318 g/mol. The molecule has 0 fully saturated rings. The minimum atomic E-state index is -0.604. The summed E-state index contributed by atoms with van der Waals surface area (Å²) in [7, 11) is 0. The Morgan fingerprint density at radius 2 is 2.00 bits per heavy atom. The van der Waals surface area contributed by atoms with Crippen molar-refractivity contribution >= 4 is 5.97 Å². The van der Waals surface area contributed by atoms with E-state index < -0.39 is 6.04 Å². The van der Waals surface area contributed by atoms with E-state index in [1.54, 1.807) is 13.8 Å². The minimum absolute atomic E-state index is 0.324. The van der Waals surface area contributed by atoms with E-state index in [-0.39, 0.29) is 5.97 Å². The molecular weight excluding hydrogens is 296 g/mol. The van der Waals surface area contributed by atoms with Gasteiger partial charge in [-0.1, -0.05) is 13.3 Å². The first-order valence-corrected chi connectivity index (χ1v) is 7.85. The van der Waals surface area contributed by atoms with E-state index in [1.165, 1.54) is 4.80 Å². The molecule has 0 saturated heterocycles. The topological polar surface area (TPSA) is 79.1 Å². The standard InChI is InChI=1S/C16H22N4O3/c1-4-6-11-23-14-9-7-13(8-10-14)15-17-19-20(18-15)12(3)16(21)22-5-2/h7-10,12H,4-6,11H2,1-3H3/t12-/m1/s1. The first kappa shape index (κ1) is 16.9. The van der Waals surface area contributed by atoms with Gasteiger partial charge < -0.3 is 9.47 Å². The number of rotatable bonds is 8. The van der Waals surface area contributed by atoms with Gasteiger partial charge in [0.15, 0.2) is 6.04 Å². The van der Waals surface area contributed by atoms with Gasteiger partial charge in [-0.2, -0.15) is 0 Å². The molecule has 0 aliphatic heterocycles. The van der Waals surface area contributed by atoms with Crippen molar-refractivity contribution in [2.75, 3.05) is 13.2 Å². The predicted molar refractivity (Wildman–Crippen MR) is 85.0 cm³/mol. The van der Waals surface area contributed by atoms with Gasteiger partial charge >= 0.3 is 5.97 Å². The molecule has 7 heteroatoms.